The average Bonchev–Trinajstić information content (AvgIpc) is 2.42. The van der Waals surface area contributed by atoms with Gasteiger partial charge in [0.05, 0.1) is 7.11 Å². The molecule has 0 aliphatic carbocycles. The van der Waals surface area contributed by atoms with Gasteiger partial charge in [-0.25, -0.2) is 0 Å². The maximum absolute atomic E-state index is 12.2. The summed E-state index contributed by atoms with van der Waals surface area (Å²) in [5, 5.41) is 0. The number of esters is 2. The number of hydrogen-bond acceptors (Lipinski definition) is 4. The summed E-state index contributed by atoms with van der Waals surface area (Å²) in [6.45, 7) is 5.23. The highest BCUT2D eigenvalue weighted by molar-refractivity contribution is 5.95. The summed E-state index contributed by atoms with van der Waals surface area (Å²) in [6, 6.07) is 7.16. The SMILES string of the molecule is C#Cc1ccccc1CC(C(=O)OC)C(=O)OC(C)(C)C. The quantitative estimate of drug-likeness (QED) is 0.485. The van der Waals surface area contributed by atoms with Crippen molar-refractivity contribution in [3.05, 3.63) is 35.4 Å². The summed E-state index contributed by atoms with van der Waals surface area (Å²) in [7, 11) is 1.24. The lowest BCUT2D eigenvalue weighted by atomic mass is 9.95. The van der Waals surface area contributed by atoms with E-state index in [9.17, 15) is 9.59 Å². The van der Waals surface area contributed by atoms with E-state index in [-0.39, 0.29) is 6.42 Å². The zero-order chi connectivity index (χ0) is 16.0. The lowest BCUT2D eigenvalue weighted by molar-refractivity contribution is -0.168. The van der Waals surface area contributed by atoms with Crippen LogP contribution >= 0.6 is 0 Å². The summed E-state index contributed by atoms with van der Waals surface area (Å²) in [5.74, 6) is 0.278. The molecule has 0 N–H and O–H groups in total. The molecule has 0 amide bonds. The van der Waals surface area contributed by atoms with Gasteiger partial charge in [-0.3, -0.25) is 9.59 Å². The topological polar surface area (TPSA) is 52.6 Å². The zero-order valence-corrected chi connectivity index (χ0v) is 12.8. The maximum atomic E-state index is 12.2. The van der Waals surface area contributed by atoms with Gasteiger partial charge in [0.15, 0.2) is 5.92 Å². The van der Waals surface area contributed by atoms with Crippen molar-refractivity contribution < 1.29 is 19.1 Å². The zero-order valence-electron chi connectivity index (χ0n) is 12.8. The fourth-order valence-electron chi connectivity index (χ4n) is 1.84. The van der Waals surface area contributed by atoms with Gasteiger partial charge in [-0.05, 0) is 38.8 Å². The molecular weight excluding hydrogens is 268 g/mol. The van der Waals surface area contributed by atoms with Gasteiger partial charge in [0, 0.05) is 5.56 Å². The molecule has 0 spiro atoms. The largest absolute Gasteiger partial charge is 0.468 e. The molecule has 21 heavy (non-hydrogen) atoms. The van der Waals surface area contributed by atoms with Crippen LogP contribution in [0.2, 0.25) is 0 Å². The number of methoxy groups -OCH3 is 1. The number of benzene rings is 1. The molecule has 1 aromatic rings. The summed E-state index contributed by atoms with van der Waals surface area (Å²) in [6.07, 6.45) is 5.59. The molecular formula is C17H20O4. The van der Waals surface area contributed by atoms with Crippen LogP contribution < -0.4 is 0 Å². The van der Waals surface area contributed by atoms with Crippen LogP contribution in [-0.4, -0.2) is 24.6 Å². The van der Waals surface area contributed by atoms with Crippen LogP contribution in [0.1, 0.15) is 31.9 Å². The first-order valence-corrected chi connectivity index (χ1v) is 6.63. The van der Waals surface area contributed by atoms with Crippen molar-refractivity contribution in [2.45, 2.75) is 32.8 Å². The minimum absolute atomic E-state index is 0.155. The van der Waals surface area contributed by atoms with Crippen LogP contribution in [0, 0.1) is 18.3 Å². The fourth-order valence-corrected chi connectivity index (χ4v) is 1.84. The molecule has 0 heterocycles. The van der Waals surface area contributed by atoms with Crippen LogP contribution in [-0.2, 0) is 25.5 Å². The Morgan fingerprint density at radius 2 is 1.86 bits per heavy atom. The van der Waals surface area contributed by atoms with E-state index in [1.54, 1.807) is 45.0 Å². The molecule has 1 atom stereocenters. The van der Waals surface area contributed by atoms with Crippen molar-refractivity contribution in [1.29, 1.82) is 0 Å². The van der Waals surface area contributed by atoms with Gasteiger partial charge in [0.25, 0.3) is 0 Å². The van der Waals surface area contributed by atoms with Crippen LogP contribution in [0.4, 0.5) is 0 Å². The van der Waals surface area contributed by atoms with E-state index in [1.807, 2.05) is 0 Å². The number of carbonyl (C=O) groups excluding carboxylic acids is 2. The maximum Gasteiger partial charge on any atom is 0.321 e. The monoisotopic (exact) mass is 288 g/mol. The van der Waals surface area contributed by atoms with E-state index in [0.29, 0.717) is 5.56 Å². The normalized spacial score (nSPS) is 12.1. The molecule has 0 aliphatic rings. The average molecular weight is 288 g/mol. The summed E-state index contributed by atoms with van der Waals surface area (Å²) < 4.78 is 9.98. The Morgan fingerprint density at radius 3 is 2.38 bits per heavy atom. The Morgan fingerprint density at radius 1 is 1.24 bits per heavy atom. The van der Waals surface area contributed by atoms with Gasteiger partial charge >= 0.3 is 11.9 Å². The van der Waals surface area contributed by atoms with Gasteiger partial charge in [-0.15, -0.1) is 6.42 Å². The molecule has 112 valence electrons. The van der Waals surface area contributed by atoms with Gasteiger partial charge in [0.2, 0.25) is 0 Å². The van der Waals surface area contributed by atoms with E-state index < -0.39 is 23.5 Å². The van der Waals surface area contributed by atoms with Crippen molar-refractivity contribution in [1.82, 2.24) is 0 Å². The highest BCUT2D eigenvalue weighted by Crippen LogP contribution is 2.19. The minimum Gasteiger partial charge on any atom is -0.468 e. The Labute approximate surface area is 125 Å². The predicted molar refractivity (Wildman–Crippen MR) is 79.4 cm³/mol. The van der Waals surface area contributed by atoms with Crippen molar-refractivity contribution in [3.8, 4) is 12.3 Å². The lowest BCUT2D eigenvalue weighted by Gasteiger charge is -2.23. The molecule has 1 aromatic carbocycles. The number of terminal acetylenes is 1. The molecule has 4 heteroatoms. The third-order valence-corrected chi connectivity index (χ3v) is 2.77. The highest BCUT2D eigenvalue weighted by atomic mass is 16.6. The number of rotatable bonds is 4. The fraction of sp³-hybridized carbons (Fsp3) is 0.412. The smallest absolute Gasteiger partial charge is 0.321 e. The summed E-state index contributed by atoms with van der Waals surface area (Å²) in [4.78, 5) is 24.1. The molecule has 0 saturated heterocycles. The molecule has 0 saturated carbocycles. The second-order valence-electron chi connectivity index (χ2n) is 5.61. The van der Waals surface area contributed by atoms with Crippen LogP contribution in [0.3, 0.4) is 0 Å². The second-order valence-corrected chi connectivity index (χ2v) is 5.61. The third-order valence-electron chi connectivity index (χ3n) is 2.77. The first-order valence-electron chi connectivity index (χ1n) is 6.63. The van der Waals surface area contributed by atoms with Crippen molar-refractivity contribution in [2.75, 3.05) is 7.11 Å². The van der Waals surface area contributed by atoms with E-state index in [4.69, 9.17) is 15.9 Å². The predicted octanol–water partition coefficient (Wildman–Crippen LogP) is 2.34. The van der Waals surface area contributed by atoms with Gasteiger partial charge in [-0.2, -0.15) is 0 Å². The lowest BCUT2D eigenvalue weighted by Crippen LogP contribution is -2.34. The summed E-state index contributed by atoms with van der Waals surface area (Å²) >= 11 is 0. The molecule has 1 unspecified atom stereocenters. The van der Waals surface area contributed by atoms with E-state index >= 15 is 0 Å². The first-order chi connectivity index (χ1) is 9.78. The number of ether oxygens (including phenoxy) is 2. The Balaban J connectivity index is 3.02. The molecule has 0 aliphatic heterocycles. The Hall–Kier alpha value is -2.28. The van der Waals surface area contributed by atoms with Crippen LogP contribution in [0.5, 0.6) is 0 Å². The molecule has 0 fully saturated rings. The Bertz CT molecular complexity index is 561. The van der Waals surface area contributed by atoms with E-state index in [2.05, 4.69) is 5.92 Å². The van der Waals surface area contributed by atoms with E-state index in [1.165, 1.54) is 7.11 Å². The van der Waals surface area contributed by atoms with Gasteiger partial charge in [-0.1, -0.05) is 24.1 Å². The number of hydrogen-bond donors (Lipinski definition) is 0. The standard InChI is InChI=1S/C17H20O4/c1-6-12-9-7-8-10-13(12)11-14(15(18)20-5)16(19)21-17(2,3)4/h1,7-10,14H,11H2,2-5H3. The first kappa shape index (κ1) is 16.8. The van der Waals surface area contributed by atoms with Crippen molar-refractivity contribution in [3.63, 3.8) is 0 Å². The van der Waals surface area contributed by atoms with Crippen molar-refractivity contribution >= 4 is 11.9 Å². The summed E-state index contributed by atoms with van der Waals surface area (Å²) in [5.41, 5.74) is 0.714. The minimum atomic E-state index is -1.02. The van der Waals surface area contributed by atoms with Crippen LogP contribution in [0.25, 0.3) is 0 Å². The molecule has 0 aromatic heterocycles. The molecule has 4 nitrogen and oxygen atoms in total. The van der Waals surface area contributed by atoms with E-state index in [0.717, 1.165) is 5.56 Å². The highest BCUT2D eigenvalue weighted by Gasteiger charge is 2.32. The van der Waals surface area contributed by atoms with Gasteiger partial charge < -0.3 is 9.47 Å². The Kier molecular flexibility index (Phi) is 5.54. The second kappa shape index (κ2) is 6.94. The molecule has 0 radical (unpaired) electrons. The van der Waals surface area contributed by atoms with Crippen molar-refractivity contribution in [2.24, 2.45) is 5.92 Å². The third kappa shape index (κ3) is 4.96. The molecule has 1 rings (SSSR count). The van der Waals surface area contributed by atoms with Gasteiger partial charge in [0.1, 0.15) is 5.60 Å². The van der Waals surface area contributed by atoms with Crippen LogP contribution in [0.15, 0.2) is 24.3 Å². The number of carbonyl (C=O) groups is 2. The molecule has 0 bridgehead atoms.